The van der Waals surface area contributed by atoms with E-state index in [-0.39, 0.29) is 5.41 Å². The first-order chi connectivity index (χ1) is 18.5. The van der Waals surface area contributed by atoms with Gasteiger partial charge in [-0.25, -0.2) is 14.6 Å². The number of nitrogens with zero attached hydrogens (tertiary/aromatic N) is 4. The molecule has 2 aromatic heterocycles. The molecule has 0 unspecified atom stereocenters. The molecule has 2 fully saturated rings. The van der Waals surface area contributed by atoms with Gasteiger partial charge < -0.3 is 19.7 Å². The van der Waals surface area contributed by atoms with Gasteiger partial charge in [0.2, 0.25) is 0 Å². The summed E-state index contributed by atoms with van der Waals surface area (Å²) in [4.78, 5) is 29.6. The number of aromatic nitrogens is 2. The van der Waals surface area contributed by atoms with Gasteiger partial charge in [0.05, 0.1) is 11.4 Å². The van der Waals surface area contributed by atoms with E-state index in [0.717, 1.165) is 19.0 Å². The number of aryl methyl sites for hydroxylation is 1. The summed E-state index contributed by atoms with van der Waals surface area (Å²) >= 11 is 1.89. The molecule has 8 nitrogen and oxygen atoms in total. The summed E-state index contributed by atoms with van der Waals surface area (Å²) in [5.41, 5.74) is 3.24. The molecule has 4 heterocycles. The quantitative estimate of drug-likeness (QED) is 0.483. The van der Waals surface area contributed by atoms with Gasteiger partial charge in [-0.2, -0.15) is 26.3 Å². The van der Waals surface area contributed by atoms with E-state index < -0.39 is 24.3 Å². The van der Waals surface area contributed by atoms with Crippen molar-refractivity contribution >= 4 is 23.3 Å². The number of fused-ring (bicyclic) bond motifs is 2. The SMILES string of the molecule is Cc1nc2c(n1CC1CC1)CN(Cc1cccs1)CC21CCN(C)CC1.O=C(O)C(F)(F)F.O=C(O)C(F)(F)F. The van der Waals surface area contributed by atoms with Gasteiger partial charge in [-0.15, -0.1) is 11.3 Å². The summed E-state index contributed by atoms with van der Waals surface area (Å²) in [6.45, 7) is 9.14. The predicted molar refractivity (Wildman–Crippen MR) is 134 cm³/mol. The summed E-state index contributed by atoms with van der Waals surface area (Å²) in [7, 11) is 2.26. The van der Waals surface area contributed by atoms with Crippen molar-refractivity contribution in [3.05, 3.63) is 39.6 Å². The molecule has 0 atom stereocenters. The van der Waals surface area contributed by atoms with Crippen molar-refractivity contribution in [1.82, 2.24) is 19.4 Å². The largest absolute Gasteiger partial charge is 0.490 e. The van der Waals surface area contributed by atoms with Gasteiger partial charge in [0.25, 0.3) is 0 Å². The smallest absolute Gasteiger partial charge is 0.475 e. The fourth-order valence-corrected chi connectivity index (χ4v) is 5.69. The molecule has 1 saturated heterocycles. The van der Waals surface area contributed by atoms with E-state index in [9.17, 15) is 26.3 Å². The highest BCUT2D eigenvalue weighted by atomic mass is 32.1. The van der Waals surface area contributed by atoms with Crippen LogP contribution in [0.15, 0.2) is 17.5 Å². The number of piperidine rings is 1. The van der Waals surface area contributed by atoms with Crippen LogP contribution in [0.2, 0.25) is 0 Å². The summed E-state index contributed by atoms with van der Waals surface area (Å²) < 4.78 is 66.0. The maximum absolute atomic E-state index is 10.6. The Morgan fingerprint density at radius 1 is 1.07 bits per heavy atom. The topological polar surface area (TPSA) is 98.9 Å². The lowest BCUT2D eigenvalue weighted by Crippen LogP contribution is -2.51. The number of thiophene rings is 1. The molecule has 0 bridgehead atoms. The molecule has 2 aromatic rings. The number of likely N-dealkylation sites (tertiary alicyclic amines) is 1. The summed E-state index contributed by atoms with van der Waals surface area (Å²) in [5.74, 6) is -3.37. The first-order valence-electron chi connectivity index (χ1n) is 12.6. The maximum Gasteiger partial charge on any atom is 0.490 e. The third kappa shape index (κ3) is 8.43. The van der Waals surface area contributed by atoms with Crippen LogP contribution in [0.3, 0.4) is 0 Å². The lowest BCUT2D eigenvalue weighted by molar-refractivity contribution is -0.193. The lowest BCUT2D eigenvalue weighted by atomic mass is 9.72. The number of hydrogen-bond donors (Lipinski definition) is 2. The van der Waals surface area contributed by atoms with E-state index in [1.54, 1.807) is 0 Å². The fraction of sp³-hybridized carbons (Fsp3) is 0.640. The molecule has 3 aliphatic rings. The molecule has 15 heteroatoms. The van der Waals surface area contributed by atoms with Gasteiger partial charge >= 0.3 is 24.3 Å². The molecule has 40 heavy (non-hydrogen) atoms. The van der Waals surface area contributed by atoms with E-state index in [1.165, 1.54) is 74.0 Å². The second kappa shape index (κ2) is 12.5. The van der Waals surface area contributed by atoms with Gasteiger partial charge in [-0.3, -0.25) is 4.90 Å². The number of rotatable bonds is 4. The van der Waals surface area contributed by atoms with E-state index in [2.05, 4.69) is 45.9 Å². The molecule has 0 amide bonds. The van der Waals surface area contributed by atoms with Crippen molar-refractivity contribution in [2.75, 3.05) is 26.7 Å². The van der Waals surface area contributed by atoms with Gasteiger partial charge in [-0.1, -0.05) is 6.07 Å². The molecule has 5 rings (SSSR count). The molecule has 0 aromatic carbocycles. The Bertz CT molecular complexity index is 1130. The Kier molecular flexibility index (Phi) is 9.94. The van der Waals surface area contributed by atoms with Crippen molar-refractivity contribution in [2.45, 2.75) is 70.0 Å². The number of carboxylic acids is 2. The Balaban J connectivity index is 0.000000263. The third-order valence-corrected chi connectivity index (χ3v) is 8.05. The minimum atomic E-state index is -5.08. The number of imidazole rings is 1. The van der Waals surface area contributed by atoms with Crippen LogP contribution in [0.4, 0.5) is 26.3 Å². The Morgan fingerprint density at radius 2 is 1.62 bits per heavy atom. The first kappa shape index (κ1) is 31.9. The van der Waals surface area contributed by atoms with Crippen LogP contribution in [0.5, 0.6) is 0 Å². The second-order valence-corrected chi connectivity index (χ2v) is 11.5. The molecule has 2 aliphatic heterocycles. The van der Waals surface area contributed by atoms with E-state index in [4.69, 9.17) is 24.8 Å². The lowest BCUT2D eigenvalue weighted by Gasteiger charge is -2.46. The second-order valence-electron chi connectivity index (χ2n) is 10.4. The molecular weight excluding hydrogens is 566 g/mol. The zero-order valence-corrected chi connectivity index (χ0v) is 22.9. The number of hydrogen-bond acceptors (Lipinski definition) is 6. The number of carbonyl (C=O) groups is 2. The van der Waals surface area contributed by atoms with Crippen LogP contribution in [0.25, 0.3) is 0 Å². The number of carboxylic acid groups (broad SMARTS) is 2. The van der Waals surface area contributed by atoms with Gasteiger partial charge in [0, 0.05) is 36.5 Å². The van der Waals surface area contributed by atoms with Crippen LogP contribution in [-0.4, -0.2) is 80.5 Å². The standard InChI is InChI=1S/C21H30N4S.2C2HF3O2/c1-16-22-20-19(25(16)12-17-5-6-17)14-24(13-18-4-3-11-26-18)15-21(20)7-9-23(2)10-8-21;2*3-2(4,5)1(6)7/h3-4,11,17H,5-10,12-15H2,1-2H3;2*(H,6,7). The monoisotopic (exact) mass is 598 g/mol. The van der Waals surface area contributed by atoms with E-state index >= 15 is 0 Å². The average molecular weight is 599 g/mol. The summed E-state index contributed by atoms with van der Waals surface area (Å²) in [6, 6.07) is 4.47. The third-order valence-electron chi connectivity index (χ3n) is 7.19. The number of aliphatic carboxylic acids is 2. The van der Waals surface area contributed by atoms with Crippen molar-refractivity contribution in [3.63, 3.8) is 0 Å². The van der Waals surface area contributed by atoms with Crippen LogP contribution < -0.4 is 0 Å². The van der Waals surface area contributed by atoms with Gasteiger partial charge in [0.1, 0.15) is 5.82 Å². The fourth-order valence-electron chi connectivity index (χ4n) is 4.94. The van der Waals surface area contributed by atoms with Gasteiger partial charge in [-0.05, 0) is 70.1 Å². The van der Waals surface area contributed by atoms with Gasteiger partial charge in [0.15, 0.2) is 0 Å². The first-order valence-corrected chi connectivity index (χ1v) is 13.5. The van der Waals surface area contributed by atoms with Crippen molar-refractivity contribution in [2.24, 2.45) is 5.92 Å². The van der Waals surface area contributed by atoms with Crippen molar-refractivity contribution in [1.29, 1.82) is 0 Å². The molecule has 0 radical (unpaired) electrons. The zero-order valence-electron chi connectivity index (χ0n) is 22.1. The average Bonchev–Trinajstić information content (AvgIpc) is 3.42. The van der Waals surface area contributed by atoms with Crippen molar-refractivity contribution in [3.8, 4) is 0 Å². The normalized spacial score (nSPS) is 19.2. The maximum atomic E-state index is 10.6. The number of alkyl halides is 6. The van der Waals surface area contributed by atoms with Crippen LogP contribution in [-0.2, 0) is 34.6 Å². The molecule has 1 saturated carbocycles. The molecule has 1 spiro atoms. The summed E-state index contributed by atoms with van der Waals surface area (Å²) in [6.07, 6.45) is -4.86. The number of halogens is 6. The Morgan fingerprint density at radius 3 is 2.08 bits per heavy atom. The van der Waals surface area contributed by atoms with Crippen LogP contribution >= 0.6 is 11.3 Å². The van der Waals surface area contributed by atoms with E-state index in [0.29, 0.717) is 0 Å². The minimum absolute atomic E-state index is 0.261. The van der Waals surface area contributed by atoms with Crippen LogP contribution in [0.1, 0.15) is 47.8 Å². The minimum Gasteiger partial charge on any atom is -0.475 e. The molecule has 2 N–H and O–H groups in total. The Labute approximate surface area is 231 Å². The highest BCUT2D eigenvalue weighted by Gasteiger charge is 2.45. The highest BCUT2D eigenvalue weighted by molar-refractivity contribution is 7.09. The highest BCUT2D eigenvalue weighted by Crippen LogP contribution is 2.43. The zero-order chi connectivity index (χ0) is 29.9. The molecular formula is C25H32F6N4O4S. The summed E-state index contributed by atoms with van der Waals surface area (Å²) in [5, 5.41) is 16.5. The predicted octanol–water partition coefficient (Wildman–Crippen LogP) is 4.91. The van der Waals surface area contributed by atoms with E-state index in [1.807, 2.05) is 11.3 Å². The Hall–Kier alpha value is -2.65. The van der Waals surface area contributed by atoms with Crippen LogP contribution in [0, 0.1) is 12.8 Å². The van der Waals surface area contributed by atoms with Crippen molar-refractivity contribution < 1.29 is 46.1 Å². The molecule has 224 valence electrons. The molecule has 1 aliphatic carbocycles.